The number of carbonyl (C=O) groups excluding carboxylic acids is 3. The van der Waals surface area contributed by atoms with Gasteiger partial charge >= 0.3 is 5.97 Å². The van der Waals surface area contributed by atoms with Gasteiger partial charge in [-0.2, -0.15) is 0 Å². The number of ketones is 1. The second-order valence-corrected chi connectivity index (χ2v) is 8.96. The lowest BCUT2D eigenvalue weighted by Crippen LogP contribution is -2.29. The zero-order valence-corrected chi connectivity index (χ0v) is 21.0. The van der Waals surface area contributed by atoms with Crippen LogP contribution in [0.25, 0.3) is 5.76 Å². The molecule has 0 bridgehead atoms. The number of hydrogen-bond donors (Lipinski definition) is 1. The number of benzene rings is 3. The normalized spacial score (nSPS) is 16.8. The molecule has 1 atom stereocenters. The summed E-state index contributed by atoms with van der Waals surface area (Å²) in [7, 11) is 0. The first kappa shape index (κ1) is 25.7. The number of anilines is 1. The fourth-order valence-corrected chi connectivity index (χ4v) is 4.20. The van der Waals surface area contributed by atoms with Crippen molar-refractivity contribution < 1.29 is 29.0 Å². The van der Waals surface area contributed by atoms with Crippen LogP contribution in [0.4, 0.5) is 5.69 Å². The molecular weight excluding hydrogens is 470 g/mol. The molecule has 190 valence electrons. The molecule has 1 fully saturated rings. The van der Waals surface area contributed by atoms with E-state index >= 15 is 0 Å². The Balaban J connectivity index is 1.81. The zero-order chi connectivity index (χ0) is 26.5. The van der Waals surface area contributed by atoms with E-state index in [0.29, 0.717) is 29.2 Å². The Morgan fingerprint density at radius 2 is 1.65 bits per heavy atom. The van der Waals surface area contributed by atoms with Gasteiger partial charge in [-0.1, -0.05) is 43.3 Å². The van der Waals surface area contributed by atoms with Crippen molar-refractivity contribution in [2.75, 3.05) is 11.5 Å². The molecule has 1 N–H and O–H groups in total. The van der Waals surface area contributed by atoms with Crippen molar-refractivity contribution in [1.29, 1.82) is 0 Å². The molecule has 7 heteroatoms. The molecule has 37 heavy (non-hydrogen) atoms. The Morgan fingerprint density at radius 1 is 0.946 bits per heavy atom. The van der Waals surface area contributed by atoms with E-state index in [9.17, 15) is 19.5 Å². The molecule has 0 radical (unpaired) electrons. The number of Topliss-reactive ketones (excluding diaryl/α,β-unsaturated/α-hetero) is 1. The van der Waals surface area contributed by atoms with E-state index in [1.807, 2.05) is 13.0 Å². The summed E-state index contributed by atoms with van der Waals surface area (Å²) in [5.41, 5.74) is 1.59. The second kappa shape index (κ2) is 11.1. The predicted molar refractivity (Wildman–Crippen MR) is 140 cm³/mol. The quantitative estimate of drug-likeness (QED) is 0.186. The highest BCUT2D eigenvalue weighted by Crippen LogP contribution is 2.42. The highest BCUT2D eigenvalue weighted by Gasteiger charge is 2.47. The van der Waals surface area contributed by atoms with Crippen molar-refractivity contribution in [3.8, 4) is 5.75 Å². The van der Waals surface area contributed by atoms with Crippen molar-refractivity contribution in [2.24, 2.45) is 0 Å². The molecule has 0 aliphatic carbocycles. The number of aliphatic hydroxyl groups excluding tert-OH is 1. The average Bonchev–Trinajstić information content (AvgIpc) is 3.17. The molecule has 3 aromatic carbocycles. The van der Waals surface area contributed by atoms with Crippen LogP contribution in [0.2, 0.25) is 0 Å². The number of nitrogens with zero attached hydrogens (tertiary/aromatic N) is 1. The Labute approximate surface area is 215 Å². The molecule has 1 saturated heterocycles. The lowest BCUT2D eigenvalue weighted by atomic mass is 9.95. The number of rotatable bonds is 8. The van der Waals surface area contributed by atoms with Gasteiger partial charge < -0.3 is 14.6 Å². The van der Waals surface area contributed by atoms with Gasteiger partial charge in [-0.3, -0.25) is 14.5 Å². The Hall–Kier alpha value is -4.39. The van der Waals surface area contributed by atoms with Crippen molar-refractivity contribution in [3.63, 3.8) is 0 Å². The van der Waals surface area contributed by atoms with Crippen molar-refractivity contribution in [3.05, 3.63) is 101 Å². The topological polar surface area (TPSA) is 93.1 Å². The van der Waals surface area contributed by atoms with Gasteiger partial charge in [0, 0.05) is 11.3 Å². The van der Waals surface area contributed by atoms with Crippen LogP contribution < -0.4 is 9.64 Å². The van der Waals surface area contributed by atoms with Gasteiger partial charge in [0.1, 0.15) is 11.5 Å². The first-order chi connectivity index (χ1) is 17.8. The summed E-state index contributed by atoms with van der Waals surface area (Å²) in [4.78, 5) is 40.5. The molecule has 1 heterocycles. The van der Waals surface area contributed by atoms with Crippen LogP contribution in [-0.2, 0) is 14.3 Å². The van der Waals surface area contributed by atoms with Gasteiger partial charge in [0.2, 0.25) is 0 Å². The highest BCUT2D eigenvalue weighted by atomic mass is 16.5. The van der Waals surface area contributed by atoms with Gasteiger partial charge in [0.05, 0.1) is 29.9 Å². The molecule has 1 aliphatic rings. The van der Waals surface area contributed by atoms with Gasteiger partial charge in [-0.25, -0.2) is 4.79 Å². The van der Waals surface area contributed by atoms with Crippen molar-refractivity contribution >= 4 is 29.1 Å². The van der Waals surface area contributed by atoms with E-state index < -0.39 is 23.7 Å². The smallest absolute Gasteiger partial charge is 0.338 e. The summed E-state index contributed by atoms with van der Waals surface area (Å²) in [5.74, 6) is -1.79. The summed E-state index contributed by atoms with van der Waals surface area (Å²) < 4.78 is 10.9. The van der Waals surface area contributed by atoms with E-state index in [0.717, 1.165) is 6.42 Å². The number of ether oxygens (including phenoxy) is 2. The third kappa shape index (κ3) is 5.40. The first-order valence-electron chi connectivity index (χ1n) is 12.2. The maximum absolute atomic E-state index is 13.4. The van der Waals surface area contributed by atoms with Crippen LogP contribution in [-0.4, -0.2) is 35.5 Å². The minimum absolute atomic E-state index is 0.0337. The van der Waals surface area contributed by atoms with E-state index in [1.165, 1.54) is 11.0 Å². The molecule has 1 unspecified atom stereocenters. The predicted octanol–water partition coefficient (Wildman–Crippen LogP) is 5.67. The average molecular weight is 500 g/mol. The summed E-state index contributed by atoms with van der Waals surface area (Å²) in [6, 6.07) is 21.2. The van der Waals surface area contributed by atoms with Crippen LogP contribution in [0.5, 0.6) is 5.75 Å². The Morgan fingerprint density at radius 3 is 2.30 bits per heavy atom. The molecule has 1 aliphatic heterocycles. The molecule has 4 rings (SSSR count). The van der Waals surface area contributed by atoms with E-state index in [2.05, 4.69) is 0 Å². The molecule has 0 aromatic heterocycles. The standard InChI is InChI=1S/C30H29NO6/c1-4-17-36-24-15-13-21(14-16-24)27(32)25-26(20-9-6-5-7-10-20)31(29(34)28(25)33)23-12-8-11-22(18-23)30(35)37-19(2)3/h5-16,18-19,26,32H,4,17H2,1-3H3/b27-25+. The van der Waals surface area contributed by atoms with Crippen LogP contribution >= 0.6 is 0 Å². The third-order valence-corrected chi connectivity index (χ3v) is 5.86. The zero-order valence-electron chi connectivity index (χ0n) is 21.0. The fourth-order valence-electron chi connectivity index (χ4n) is 4.20. The Bertz CT molecular complexity index is 1330. The van der Waals surface area contributed by atoms with Crippen molar-refractivity contribution in [2.45, 2.75) is 39.3 Å². The third-order valence-electron chi connectivity index (χ3n) is 5.86. The van der Waals surface area contributed by atoms with Gasteiger partial charge in [0.15, 0.2) is 0 Å². The van der Waals surface area contributed by atoms with E-state index in [4.69, 9.17) is 9.47 Å². The van der Waals surface area contributed by atoms with Gasteiger partial charge in [-0.05, 0) is 68.3 Å². The molecule has 0 saturated carbocycles. The lowest BCUT2D eigenvalue weighted by Gasteiger charge is -2.25. The number of amides is 1. The second-order valence-electron chi connectivity index (χ2n) is 8.96. The monoisotopic (exact) mass is 499 g/mol. The molecule has 1 amide bonds. The van der Waals surface area contributed by atoms with Crippen LogP contribution in [0.15, 0.2) is 84.4 Å². The van der Waals surface area contributed by atoms with E-state index in [1.54, 1.807) is 80.6 Å². The van der Waals surface area contributed by atoms with Crippen LogP contribution in [0.1, 0.15) is 54.7 Å². The largest absolute Gasteiger partial charge is 0.507 e. The number of esters is 1. The van der Waals surface area contributed by atoms with Crippen LogP contribution in [0.3, 0.4) is 0 Å². The molecule has 3 aromatic rings. The SMILES string of the molecule is CCCOc1ccc(/C(O)=C2\C(=O)C(=O)N(c3cccc(C(=O)OC(C)C)c3)C2c2ccccc2)cc1. The minimum atomic E-state index is -0.895. The maximum atomic E-state index is 13.4. The summed E-state index contributed by atoms with van der Waals surface area (Å²) >= 11 is 0. The maximum Gasteiger partial charge on any atom is 0.338 e. The van der Waals surface area contributed by atoms with Gasteiger partial charge in [0.25, 0.3) is 11.7 Å². The molecule has 0 spiro atoms. The van der Waals surface area contributed by atoms with E-state index in [-0.39, 0.29) is 23.0 Å². The Kier molecular flexibility index (Phi) is 7.72. The number of carbonyl (C=O) groups is 3. The lowest BCUT2D eigenvalue weighted by molar-refractivity contribution is -0.132. The summed E-state index contributed by atoms with van der Waals surface area (Å²) in [5, 5.41) is 11.3. The first-order valence-corrected chi connectivity index (χ1v) is 12.2. The van der Waals surface area contributed by atoms with Crippen molar-refractivity contribution in [1.82, 2.24) is 0 Å². The summed E-state index contributed by atoms with van der Waals surface area (Å²) in [6.45, 7) is 6.07. The highest BCUT2D eigenvalue weighted by molar-refractivity contribution is 6.51. The molecular formula is C30H29NO6. The summed E-state index contributed by atoms with van der Waals surface area (Å²) in [6.07, 6.45) is 0.548. The number of aliphatic hydroxyl groups is 1. The van der Waals surface area contributed by atoms with Gasteiger partial charge in [-0.15, -0.1) is 0 Å². The van der Waals surface area contributed by atoms with Crippen LogP contribution in [0, 0.1) is 0 Å². The number of hydrogen-bond acceptors (Lipinski definition) is 6. The molecule has 7 nitrogen and oxygen atoms in total. The minimum Gasteiger partial charge on any atom is -0.507 e. The fraction of sp³-hybridized carbons (Fsp3) is 0.233.